The molecule has 1 aromatic rings. The molecule has 0 unspecified atom stereocenters. The molecule has 0 saturated heterocycles. The maximum Gasteiger partial charge on any atom is 0.365 e. The average Bonchev–Trinajstić information content (AvgIpc) is 2.33. The van der Waals surface area contributed by atoms with Gasteiger partial charge in [-0.2, -0.15) is 4.89 Å². The van der Waals surface area contributed by atoms with Crippen LogP contribution in [0.15, 0.2) is 48.6 Å². The van der Waals surface area contributed by atoms with Gasteiger partial charge in [0.15, 0.2) is 0 Å². The van der Waals surface area contributed by atoms with E-state index in [1.807, 2.05) is 37.3 Å². The van der Waals surface area contributed by atoms with Crippen molar-refractivity contribution >= 4 is 12.0 Å². The van der Waals surface area contributed by atoms with Crippen molar-refractivity contribution in [2.24, 2.45) is 0 Å². The number of rotatable bonds is 6. The van der Waals surface area contributed by atoms with Crippen LogP contribution >= 0.6 is 0 Å². The summed E-state index contributed by atoms with van der Waals surface area (Å²) in [6, 6.07) is 9.50. The first kappa shape index (κ1) is 13.2. The first-order valence-electron chi connectivity index (χ1n) is 5.39. The van der Waals surface area contributed by atoms with Gasteiger partial charge in [0.2, 0.25) is 0 Å². The summed E-state index contributed by atoms with van der Waals surface area (Å²) in [5, 5.41) is 0. The van der Waals surface area contributed by atoms with Crippen LogP contribution < -0.4 is 0 Å². The van der Waals surface area contributed by atoms with Crippen molar-refractivity contribution < 1.29 is 14.6 Å². The largest absolute Gasteiger partial charge is 0.365 e. The van der Waals surface area contributed by atoms with Crippen LogP contribution in [-0.2, 0) is 14.6 Å². The standard InChI is InChI=1S/C14H16O3/c1-12(2)10-11-16-17-14(15)9-8-13-6-4-3-5-7-13/h3-9H,1,10-11H2,2H3. The van der Waals surface area contributed by atoms with Crippen LogP contribution in [0.25, 0.3) is 6.08 Å². The summed E-state index contributed by atoms with van der Waals surface area (Å²) < 4.78 is 0. The first-order valence-corrected chi connectivity index (χ1v) is 5.39. The summed E-state index contributed by atoms with van der Waals surface area (Å²) in [5.41, 5.74) is 1.92. The fourth-order valence-corrected chi connectivity index (χ4v) is 1.07. The van der Waals surface area contributed by atoms with Gasteiger partial charge in [-0.25, -0.2) is 4.79 Å². The lowest BCUT2D eigenvalue weighted by molar-refractivity contribution is -0.266. The number of carbonyl (C=O) groups is 1. The first-order chi connectivity index (χ1) is 8.18. The van der Waals surface area contributed by atoms with Gasteiger partial charge in [-0.3, -0.25) is 4.89 Å². The zero-order chi connectivity index (χ0) is 12.5. The molecule has 0 N–H and O–H groups in total. The van der Waals surface area contributed by atoms with Gasteiger partial charge < -0.3 is 0 Å². The van der Waals surface area contributed by atoms with Crippen LogP contribution in [0.3, 0.4) is 0 Å². The van der Waals surface area contributed by atoms with Crippen LogP contribution in [0.2, 0.25) is 0 Å². The maximum absolute atomic E-state index is 11.2. The smallest absolute Gasteiger partial charge is 0.294 e. The second kappa shape index (κ2) is 7.41. The van der Waals surface area contributed by atoms with E-state index in [9.17, 15) is 4.79 Å². The minimum absolute atomic E-state index is 0.334. The molecule has 3 heteroatoms. The predicted octanol–water partition coefficient (Wildman–Crippen LogP) is 3.14. The summed E-state index contributed by atoms with van der Waals surface area (Å²) >= 11 is 0. The summed E-state index contributed by atoms with van der Waals surface area (Å²) in [6.07, 6.45) is 3.68. The van der Waals surface area contributed by atoms with Crippen molar-refractivity contribution in [2.75, 3.05) is 6.61 Å². The lowest BCUT2D eigenvalue weighted by Gasteiger charge is -2.00. The quantitative estimate of drug-likeness (QED) is 0.248. The Hall–Kier alpha value is -1.87. The van der Waals surface area contributed by atoms with Crippen LogP contribution in [0, 0.1) is 0 Å². The molecule has 90 valence electrons. The normalized spacial score (nSPS) is 10.4. The molecule has 0 spiro atoms. The highest BCUT2D eigenvalue weighted by Gasteiger charge is 1.98. The van der Waals surface area contributed by atoms with Crippen molar-refractivity contribution in [3.05, 3.63) is 54.1 Å². The summed E-state index contributed by atoms with van der Waals surface area (Å²) in [5.74, 6) is -0.518. The third-order valence-corrected chi connectivity index (χ3v) is 1.96. The van der Waals surface area contributed by atoms with E-state index in [-0.39, 0.29) is 0 Å². The predicted molar refractivity (Wildman–Crippen MR) is 67.0 cm³/mol. The van der Waals surface area contributed by atoms with Crippen LogP contribution in [-0.4, -0.2) is 12.6 Å². The molecule has 3 nitrogen and oxygen atoms in total. The van der Waals surface area contributed by atoms with Crippen molar-refractivity contribution in [2.45, 2.75) is 13.3 Å². The van der Waals surface area contributed by atoms with Crippen molar-refractivity contribution in [1.82, 2.24) is 0 Å². The Balaban J connectivity index is 2.25. The molecule has 17 heavy (non-hydrogen) atoms. The van der Waals surface area contributed by atoms with Gasteiger partial charge in [0.05, 0.1) is 6.61 Å². The zero-order valence-corrected chi connectivity index (χ0v) is 9.89. The molecule has 0 radical (unpaired) electrons. The van der Waals surface area contributed by atoms with Gasteiger partial charge in [-0.15, -0.1) is 6.58 Å². The lowest BCUT2D eigenvalue weighted by atomic mass is 10.2. The molecule has 0 bridgehead atoms. The highest BCUT2D eigenvalue weighted by molar-refractivity contribution is 5.86. The Labute approximate surface area is 101 Å². The minimum atomic E-state index is -0.518. The SMILES string of the molecule is C=C(C)CCOOC(=O)C=Cc1ccccc1. The van der Waals surface area contributed by atoms with E-state index in [1.54, 1.807) is 6.08 Å². The van der Waals surface area contributed by atoms with Crippen molar-refractivity contribution in [3.63, 3.8) is 0 Å². The number of hydrogen-bond donors (Lipinski definition) is 0. The molecule has 0 aliphatic heterocycles. The van der Waals surface area contributed by atoms with Crippen LogP contribution in [0.5, 0.6) is 0 Å². The molecule has 0 atom stereocenters. The molecule has 0 amide bonds. The summed E-state index contributed by atoms with van der Waals surface area (Å²) in [4.78, 5) is 20.5. The maximum atomic E-state index is 11.2. The van der Waals surface area contributed by atoms with E-state index in [0.29, 0.717) is 13.0 Å². The topological polar surface area (TPSA) is 35.5 Å². The molecule has 0 saturated carbocycles. The highest BCUT2D eigenvalue weighted by atomic mass is 17.2. The molecule has 0 aliphatic rings. The molecule has 0 aliphatic carbocycles. The van der Waals surface area contributed by atoms with E-state index in [0.717, 1.165) is 11.1 Å². The Kier molecular flexibility index (Phi) is 5.75. The Morgan fingerprint density at radius 2 is 2.06 bits per heavy atom. The third kappa shape index (κ3) is 6.33. The fourth-order valence-electron chi connectivity index (χ4n) is 1.07. The molecular formula is C14H16O3. The Bertz CT molecular complexity index is 393. The van der Waals surface area contributed by atoms with Gasteiger partial charge in [0.1, 0.15) is 0 Å². The molecule has 0 fully saturated rings. The molecule has 0 aromatic heterocycles. The number of benzene rings is 1. The molecular weight excluding hydrogens is 216 g/mol. The number of carbonyl (C=O) groups excluding carboxylic acids is 1. The van der Waals surface area contributed by atoms with E-state index in [2.05, 4.69) is 11.5 Å². The van der Waals surface area contributed by atoms with Gasteiger partial charge >= 0.3 is 5.97 Å². The van der Waals surface area contributed by atoms with Gasteiger partial charge in [-0.05, 0) is 25.0 Å². The Morgan fingerprint density at radius 3 is 2.71 bits per heavy atom. The highest BCUT2D eigenvalue weighted by Crippen LogP contribution is 2.01. The fraction of sp³-hybridized carbons (Fsp3) is 0.214. The minimum Gasteiger partial charge on any atom is -0.294 e. The van der Waals surface area contributed by atoms with E-state index >= 15 is 0 Å². The number of hydrogen-bond acceptors (Lipinski definition) is 3. The van der Waals surface area contributed by atoms with Crippen LogP contribution in [0.1, 0.15) is 18.9 Å². The zero-order valence-electron chi connectivity index (χ0n) is 9.89. The van der Waals surface area contributed by atoms with E-state index in [4.69, 9.17) is 4.89 Å². The monoisotopic (exact) mass is 232 g/mol. The Morgan fingerprint density at radius 1 is 1.35 bits per heavy atom. The third-order valence-electron chi connectivity index (χ3n) is 1.96. The molecule has 0 heterocycles. The lowest BCUT2D eigenvalue weighted by Crippen LogP contribution is -2.03. The molecule has 1 rings (SSSR count). The van der Waals surface area contributed by atoms with E-state index < -0.39 is 5.97 Å². The summed E-state index contributed by atoms with van der Waals surface area (Å²) in [7, 11) is 0. The van der Waals surface area contributed by atoms with Crippen molar-refractivity contribution in [3.8, 4) is 0 Å². The van der Waals surface area contributed by atoms with Crippen molar-refractivity contribution in [1.29, 1.82) is 0 Å². The summed E-state index contributed by atoms with van der Waals surface area (Å²) in [6.45, 7) is 5.94. The van der Waals surface area contributed by atoms with Crippen LogP contribution in [0.4, 0.5) is 0 Å². The molecule has 1 aromatic carbocycles. The van der Waals surface area contributed by atoms with Gasteiger partial charge in [0, 0.05) is 6.08 Å². The van der Waals surface area contributed by atoms with E-state index in [1.165, 1.54) is 6.08 Å². The van der Waals surface area contributed by atoms with Gasteiger partial charge in [-0.1, -0.05) is 35.9 Å². The second-order valence-corrected chi connectivity index (χ2v) is 3.68. The average molecular weight is 232 g/mol. The van der Waals surface area contributed by atoms with Gasteiger partial charge in [0.25, 0.3) is 0 Å². The second-order valence-electron chi connectivity index (χ2n) is 3.68.